The van der Waals surface area contributed by atoms with E-state index < -0.39 is 0 Å². The number of aryl methyl sites for hydroxylation is 1. The summed E-state index contributed by atoms with van der Waals surface area (Å²) < 4.78 is 16.2. The highest BCUT2D eigenvalue weighted by atomic mass is 16.5. The molecule has 0 fully saturated rings. The Hall–Kier alpha value is -1.62. The minimum atomic E-state index is -0.323. The summed E-state index contributed by atoms with van der Waals surface area (Å²) in [6.45, 7) is 0.718. The highest BCUT2D eigenvalue weighted by Gasteiger charge is 2.25. The van der Waals surface area contributed by atoms with E-state index in [0.717, 1.165) is 48.6 Å². The Kier molecular flexibility index (Phi) is 2.91. The molecule has 0 bridgehead atoms. The fourth-order valence-electron chi connectivity index (χ4n) is 2.39. The molecule has 1 aromatic rings. The van der Waals surface area contributed by atoms with Crippen LogP contribution in [0.1, 0.15) is 29.5 Å². The van der Waals surface area contributed by atoms with Crippen molar-refractivity contribution >= 4 is 5.90 Å². The van der Waals surface area contributed by atoms with E-state index in [1.165, 1.54) is 0 Å². The highest BCUT2D eigenvalue weighted by Crippen LogP contribution is 2.32. The summed E-state index contributed by atoms with van der Waals surface area (Å²) in [4.78, 5) is 9.06. The standard InChI is InChI=1S/C13H16N2O3/c1-16-11-4-3-10-9(13(15-11)17-2)7-8-5-6-18-12(8)14-10/h7,13H,3-6H2,1-2H3. The Morgan fingerprint density at radius 3 is 2.94 bits per heavy atom. The van der Waals surface area contributed by atoms with Crippen molar-refractivity contribution < 1.29 is 14.2 Å². The van der Waals surface area contributed by atoms with Gasteiger partial charge in [0.2, 0.25) is 5.88 Å². The lowest BCUT2D eigenvalue weighted by Gasteiger charge is -2.13. The zero-order valence-corrected chi connectivity index (χ0v) is 10.6. The summed E-state index contributed by atoms with van der Waals surface area (Å²) in [6, 6.07) is 2.11. The summed E-state index contributed by atoms with van der Waals surface area (Å²) in [5, 5.41) is 0. The maximum absolute atomic E-state index is 5.51. The van der Waals surface area contributed by atoms with Gasteiger partial charge in [-0.25, -0.2) is 9.98 Å². The van der Waals surface area contributed by atoms with Gasteiger partial charge < -0.3 is 14.2 Å². The third kappa shape index (κ3) is 1.84. The number of hydrogen-bond acceptors (Lipinski definition) is 5. The van der Waals surface area contributed by atoms with E-state index in [1.54, 1.807) is 14.2 Å². The van der Waals surface area contributed by atoms with Crippen molar-refractivity contribution in [3.63, 3.8) is 0 Å². The average molecular weight is 248 g/mol. The molecule has 5 nitrogen and oxygen atoms in total. The van der Waals surface area contributed by atoms with Crippen LogP contribution in [0.2, 0.25) is 0 Å². The lowest BCUT2D eigenvalue weighted by molar-refractivity contribution is 0.108. The monoisotopic (exact) mass is 248 g/mol. The number of nitrogens with zero attached hydrogens (tertiary/aromatic N) is 2. The molecule has 5 heteroatoms. The fourth-order valence-corrected chi connectivity index (χ4v) is 2.39. The second-order valence-electron chi connectivity index (χ2n) is 4.40. The summed E-state index contributed by atoms with van der Waals surface area (Å²) in [6.07, 6.45) is 2.14. The Balaban J connectivity index is 2.05. The van der Waals surface area contributed by atoms with Gasteiger partial charge in [-0.3, -0.25) is 0 Å². The van der Waals surface area contributed by atoms with Crippen molar-refractivity contribution in [1.29, 1.82) is 0 Å². The van der Waals surface area contributed by atoms with E-state index in [-0.39, 0.29) is 6.23 Å². The van der Waals surface area contributed by atoms with Crippen LogP contribution < -0.4 is 4.74 Å². The molecule has 1 aromatic heterocycles. The van der Waals surface area contributed by atoms with Crippen molar-refractivity contribution in [1.82, 2.24) is 4.98 Å². The Labute approximate surface area is 106 Å². The van der Waals surface area contributed by atoms with E-state index in [2.05, 4.69) is 16.0 Å². The highest BCUT2D eigenvalue weighted by molar-refractivity contribution is 5.77. The maximum atomic E-state index is 5.51. The molecule has 0 aromatic carbocycles. The topological polar surface area (TPSA) is 52.9 Å². The molecule has 3 heterocycles. The van der Waals surface area contributed by atoms with E-state index in [9.17, 15) is 0 Å². The molecule has 0 amide bonds. The molecule has 2 aliphatic rings. The third-order valence-electron chi connectivity index (χ3n) is 3.35. The number of aromatic nitrogens is 1. The number of ether oxygens (including phenoxy) is 3. The smallest absolute Gasteiger partial charge is 0.216 e. The SMILES string of the molecule is COC1=NC(OC)c2cc3c(nc2CC1)OCC3. The van der Waals surface area contributed by atoms with Crippen LogP contribution in [0.4, 0.5) is 0 Å². The number of pyridine rings is 1. The molecular weight excluding hydrogens is 232 g/mol. The molecule has 0 saturated heterocycles. The van der Waals surface area contributed by atoms with Crippen LogP contribution in [-0.2, 0) is 22.3 Å². The summed E-state index contributed by atoms with van der Waals surface area (Å²) in [5.74, 6) is 1.48. The zero-order chi connectivity index (χ0) is 12.5. The molecule has 0 N–H and O–H groups in total. The van der Waals surface area contributed by atoms with Gasteiger partial charge in [0.25, 0.3) is 0 Å². The van der Waals surface area contributed by atoms with Gasteiger partial charge in [0.05, 0.1) is 19.4 Å². The lowest BCUT2D eigenvalue weighted by Crippen LogP contribution is -2.05. The fraction of sp³-hybridized carbons (Fsp3) is 0.538. The predicted octanol–water partition coefficient (Wildman–Crippen LogP) is 1.65. The molecule has 1 atom stereocenters. The van der Waals surface area contributed by atoms with Crippen LogP contribution in [0.15, 0.2) is 11.1 Å². The van der Waals surface area contributed by atoms with Crippen molar-refractivity contribution in [3.05, 3.63) is 22.9 Å². The van der Waals surface area contributed by atoms with Gasteiger partial charge in [0.15, 0.2) is 12.1 Å². The first-order valence-electron chi connectivity index (χ1n) is 6.10. The molecular formula is C13H16N2O3. The first-order valence-corrected chi connectivity index (χ1v) is 6.10. The van der Waals surface area contributed by atoms with E-state index in [1.807, 2.05) is 0 Å². The largest absolute Gasteiger partial charge is 0.484 e. The number of aliphatic imine (C=N–C) groups is 1. The van der Waals surface area contributed by atoms with E-state index in [4.69, 9.17) is 14.2 Å². The molecule has 0 radical (unpaired) electrons. The minimum Gasteiger partial charge on any atom is -0.484 e. The third-order valence-corrected chi connectivity index (χ3v) is 3.35. The molecule has 96 valence electrons. The Morgan fingerprint density at radius 2 is 2.17 bits per heavy atom. The van der Waals surface area contributed by atoms with Gasteiger partial charge in [0, 0.05) is 31.1 Å². The van der Waals surface area contributed by atoms with Gasteiger partial charge in [-0.2, -0.15) is 0 Å². The van der Waals surface area contributed by atoms with Gasteiger partial charge in [0.1, 0.15) is 0 Å². The van der Waals surface area contributed by atoms with Crippen molar-refractivity contribution in [2.75, 3.05) is 20.8 Å². The summed E-state index contributed by atoms with van der Waals surface area (Å²) >= 11 is 0. The number of hydrogen-bond donors (Lipinski definition) is 0. The van der Waals surface area contributed by atoms with Crippen LogP contribution in [0, 0.1) is 0 Å². The predicted molar refractivity (Wildman–Crippen MR) is 66.0 cm³/mol. The van der Waals surface area contributed by atoms with Crippen molar-refractivity contribution in [3.8, 4) is 5.88 Å². The normalized spacial score (nSPS) is 21.4. The maximum Gasteiger partial charge on any atom is 0.216 e. The molecule has 0 spiro atoms. The van der Waals surface area contributed by atoms with Gasteiger partial charge in [-0.1, -0.05) is 0 Å². The molecule has 0 saturated carbocycles. The average Bonchev–Trinajstić information content (AvgIpc) is 2.77. The summed E-state index contributed by atoms with van der Waals surface area (Å²) in [7, 11) is 3.29. The van der Waals surface area contributed by atoms with Crippen molar-refractivity contribution in [2.45, 2.75) is 25.5 Å². The number of fused-ring (bicyclic) bond motifs is 2. The van der Waals surface area contributed by atoms with E-state index in [0.29, 0.717) is 5.90 Å². The quantitative estimate of drug-likeness (QED) is 0.758. The van der Waals surface area contributed by atoms with Gasteiger partial charge >= 0.3 is 0 Å². The van der Waals surface area contributed by atoms with Crippen LogP contribution in [0.25, 0.3) is 0 Å². The molecule has 2 aliphatic heterocycles. The van der Waals surface area contributed by atoms with E-state index >= 15 is 0 Å². The molecule has 3 rings (SSSR count). The van der Waals surface area contributed by atoms with Crippen LogP contribution in [0.5, 0.6) is 5.88 Å². The van der Waals surface area contributed by atoms with Crippen LogP contribution >= 0.6 is 0 Å². The second-order valence-corrected chi connectivity index (χ2v) is 4.40. The lowest BCUT2D eigenvalue weighted by atomic mass is 10.1. The van der Waals surface area contributed by atoms with Gasteiger partial charge in [-0.05, 0) is 12.5 Å². The van der Waals surface area contributed by atoms with Crippen LogP contribution in [-0.4, -0.2) is 31.7 Å². The number of methoxy groups -OCH3 is 2. The zero-order valence-electron chi connectivity index (χ0n) is 10.6. The van der Waals surface area contributed by atoms with Crippen LogP contribution in [0.3, 0.4) is 0 Å². The second kappa shape index (κ2) is 4.57. The molecule has 18 heavy (non-hydrogen) atoms. The van der Waals surface area contributed by atoms with Crippen molar-refractivity contribution in [2.24, 2.45) is 4.99 Å². The minimum absolute atomic E-state index is 0.323. The summed E-state index contributed by atoms with van der Waals surface area (Å²) in [5.41, 5.74) is 3.18. The Morgan fingerprint density at radius 1 is 1.28 bits per heavy atom. The first kappa shape index (κ1) is 11.5. The Bertz CT molecular complexity index is 499. The molecule has 0 aliphatic carbocycles. The molecule has 1 unspecified atom stereocenters. The number of rotatable bonds is 1. The first-order chi connectivity index (χ1) is 8.81. The van der Waals surface area contributed by atoms with Gasteiger partial charge in [-0.15, -0.1) is 0 Å².